The smallest absolute Gasteiger partial charge is 0.0828 e. The van der Waals surface area contributed by atoms with Gasteiger partial charge in [-0.15, -0.1) is 0 Å². The minimum atomic E-state index is 0.991. The highest BCUT2D eigenvalue weighted by atomic mass is 15.3. The minimum absolute atomic E-state index is 0.991. The van der Waals surface area contributed by atoms with Crippen molar-refractivity contribution in [2.24, 2.45) is 0 Å². The fraction of sp³-hybridized carbons (Fsp3) is 0.111. The SMILES string of the molecule is Cc1ccc(-n2cccn2)cn1. The molecule has 60 valence electrons. The maximum Gasteiger partial charge on any atom is 0.0828 e. The van der Waals surface area contributed by atoms with Gasteiger partial charge in [-0.1, -0.05) is 0 Å². The predicted molar refractivity (Wildman–Crippen MR) is 46.1 cm³/mol. The highest BCUT2D eigenvalue weighted by Crippen LogP contribution is 2.03. The number of aryl methyl sites for hydroxylation is 1. The lowest BCUT2D eigenvalue weighted by Crippen LogP contribution is -1.94. The van der Waals surface area contributed by atoms with Crippen LogP contribution < -0.4 is 0 Å². The number of hydrogen-bond acceptors (Lipinski definition) is 2. The normalized spacial score (nSPS) is 10.1. The molecule has 2 heterocycles. The summed E-state index contributed by atoms with van der Waals surface area (Å²) >= 11 is 0. The van der Waals surface area contributed by atoms with Crippen molar-refractivity contribution in [1.29, 1.82) is 0 Å². The summed E-state index contributed by atoms with van der Waals surface area (Å²) in [5.41, 5.74) is 2.01. The number of nitrogens with zero attached hydrogens (tertiary/aromatic N) is 3. The molecule has 0 aliphatic carbocycles. The van der Waals surface area contributed by atoms with Crippen LogP contribution in [0.1, 0.15) is 5.69 Å². The maximum atomic E-state index is 4.17. The van der Waals surface area contributed by atoms with Crippen LogP contribution in [0.5, 0.6) is 0 Å². The molecule has 0 amide bonds. The van der Waals surface area contributed by atoms with Gasteiger partial charge in [0.05, 0.1) is 11.9 Å². The standard InChI is InChI=1S/C9H9N3/c1-8-3-4-9(7-10-8)12-6-2-5-11-12/h2-7H,1H3. The van der Waals surface area contributed by atoms with E-state index in [1.165, 1.54) is 0 Å². The van der Waals surface area contributed by atoms with E-state index >= 15 is 0 Å². The van der Waals surface area contributed by atoms with Crippen molar-refractivity contribution in [1.82, 2.24) is 14.8 Å². The Hall–Kier alpha value is -1.64. The van der Waals surface area contributed by atoms with Crippen LogP contribution in [-0.4, -0.2) is 14.8 Å². The van der Waals surface area contributed by atoms with E-state index in [9.17, 15) is 0 Å². The lowest BCUT2D eigenvalue weighted by Gasteiger charge is -1.99. The summed E-state index contributed by atoms with van der Waals surface area (Å²) in [6.07, 6.45) is 5.45. The Morgan fingerprint density at radius 3 is 2.83 bits per heavy atom. The van der Waals surface area contributed by atoms with Crippen LogP contribution in [0.3, 0.4) is 0 Å². The molecule has 2 aromatic rings. The van der Waals surface area contributed by atoms with E-state index in [4.69, 9.17) is 0 Å². The first-order chi connectivity index (χ1) is 5.86. The number of rotatable bonds is 1. The maximum absolute atomic E-state index is 4.17. The second-order valence-electron chi connectivity index (χ2n) is 2.61. The average molecular weight is 159 g/mol. The number of pyridine rings is 1. The fourth-order valence-electron chi connectivity index (χ4n) is 1.02. The summed E-state index contributed by atoms with van der Waals surface area (Å²) in [7, 11) is 0. The molecule has 0 spiro atoms. The average Bonchev–Trinajstić information content (AvgIpc) is 2.58. The van der Waals surface area contributed by atoms with Gasteiger partial charge in [-0.25, -0.2) is 4.68 Å². The Morgan fingerprint density at radius 2 is 2.25 bits per heavy atom. The van der Waals surface area contributed by atoms with E-state index in [2.05, 4.69) is 10.1 Å². The first-order valence-corrected chi connectivity index (χ1v) is 3.79. The van der Waals surface area contributed by atoms with Gasteiger partial charge in [0, 0.05) is 18.1 Å². The Kier molecular flexibility index (Phi) is 1.63. The molecule has 0 bridgehead atoms. The molecule has 0 saturated carbocycles. The van der Waals surface area contributed by atoms with Crippen LogP contribution in [0.15, 0.2) is 36.8 Å². The van der Waals surface area contributed by atoms with Crippen molar-refractivity contribution in [2.75, 3.05) is 0 Å². The first kappa shape index (κ1) is 7.03. The van der Waals surface area contributed by atoms with Crippen LogP contribution in [0.4, 0.5) is 0 Å². The van der Waals surface area contributed by atoms with E-state index < -0.39 is 0 Å². The predicted octanol–water partition coefficient (Wildman–Crippen LogP) is 1.58. The zero-order valence-corrected chi connectivity index (χ0v) is 6.81. The van der Waals surface area contributed by atoms with Crippen LogP contribution in [-0.2, 0) is 0 Å². The van der Waals surface area contributed by atoms with Gasteiger partial charge in [-0.05, 0) is 25.1 Å². The molecule has 0 aromatic carbocycles. The third-order valence-corrected chi connectivity index (χ3v) is 1.66. The molecule has 0 unspecified atom stereocenters. The summed E-state index contributed by atoms with van der Waals surface area (Å²) < 4.78 is 1.78. The Morgan fingerprint density at radius 1 is 1.33 bits per heavy atom. The largest absolute Gasteiger partial charge is 0.259 e. The third kappa shape index (κ3) is 1.21. The van der Waals surface area contributed by atoms with Crippen molar-refractivity contribution in [3.63, 3.8) is 0 Å². The molecule has 0 aliphatic heterocycles. The Bertz CT molecular complexity index is 348. The van der Waals surface area contributed by atoms with E-state index in [0.29, 0.717) is 0 Å². The number of hydrogen-bond donors (Lipinski definition) is 0. The number of aromatic nitrogens is 3. The van der Waals surface area contributed by atoms with Gasteiger partial charge in [0.15, 0.2) is 0 Å². The molecule has 0 saturated heterocycles. The summed E-state index contributed by atoms with van der Waals surface area (Å²) in [6, 6.07) is 5.85. The molecule has 0 fully saturated rings. The second-order valence-corrected chi connectivity index (χ2v) is 2.61. The van der Waals surface area contributed by atoms with Crippen LogP contribution in [0.2, 0.25) is 0 Å². The van der Waals surface area contributed by atoms with E-state index in [0.717, 1.165) is 11.4 Å². The third-order valence-electron chi connectivity index (χ3n) is 1.66. The first-order valence-electron chi connectivity index (χ1n) is 3.79. The molecule has 0 aliphatic rings. The quantitative estimate of drug-likeness (QED) is 0.632. The van der Waals surface area contributed by atoms with Crippen LogP contribution in [0, 0.1) is 6.92 Å². The Labute approximate surface area is 70.7 Å². The van der Waals surface area contributed by atoms with Crippen molar-refractivity contribution >= 4 is 0 Å². The van der Waals surface area contributed by atoms with E-state index in [1.54, 1.807) is 10.9 Å². The lowest BCUT2D eigenvalue weighted by molar-refractivity contribution is 0.871. The van der Waals surface area contributed by atoms with Gasteiger partial charge in [-0.2, -0.15) is 5.10 Å². The zero-order valence-electron chi connectivity index (χ0n) is 6.81. The minimum Gasteiger partial charge on any atom is -0.259 e. The topological polar surface area (TPSA) is 30.7 Å². The molecule has 0 radical (unpaired) electrons. The van der Waals surface area contributed by atoms with Crippen molar-refractivity contribution in [2.45, 2.75) is 6.92 Å². The van der Waals surface area contributed by atoms with E-state index in [-0.39, 0.29) is 0 Å². The summed E-state index contributed by atoms with van der Waals surface area (Å²) in [5.74, 6) is 0. The molecule has 0 N–H and O–H groups in total. The van der Waals surface area contributed by atoms with Gasteiger partial charge in [0.1, 0.15) is 0 Å². The molecular formula is C9H9N3. The van der Waals surface area contributed by atoms with Gasteiger partial charge in [-0.3, -0.25) is 4.98 Å². The monoisotopic (exact) mass is 159 g/mol. The van der Waals surface area contributed by atoms with E-state index in [1.807, 2.05) is 37.5 Å². The molecule has 2 rings (SSSR count). The van der Waals surface area contributed by atoms with Crippen molar-refractivity contribution < 1.29 is 0 Å². The molecular weight excluding hydrogens is 150 g/mol. The van der Waals surface area contributed by atoms with Gasteiger partial charge in [0.25, 0.3) is 0 Å². The Balaban J connectivity index is 2.43. The van der Waals surface area contributed by atoms with Gasteiger partial charge >= 0.3 is 0 Å². The molecule has 3 heteroatoms. The van der Waals surface area contributed by atoms with Crippen LogP contribution in [0.25, 0.3) is 5.69 Å². The molecule has 3 nitrogen and oxygen atoms in total. The highest BCUT2D eigenvalue weighted by molar-refractivity contribution is 5.27. The molecule has 12 heavy (non-hydrogen) atoms. The van der Waals surface area contributed by atoms with Crippen LogP contribution >= 0.6 is 0 Å². The molecule has 0 atom stereocenters. The summed E-state index contributed by atoms with van der Waals surface area (Å²) in [5, 5.41) is 4.09. The summed E-state index contributed by atoms with van der Waals surface area (Å²) in [6.45, 7) is 1.97. The second kappa shape index (κ2) is 2.77. The fourth-order valence-corrected chi connectivity index (χ4v) is 1.02. The van der Waals surface area contributed by atoms with Gasteiger partial charge < -0.3 is 0 Å². The lowest BCUT2D eigenvalue weighted by atomic mass is 10.3. The van der Waals surface area contributed by atoms with Crippen molar-refractivity contribution in [3.8, 4) is 5.69 Å². The van der Waals surface area contributed by atoms with Crippen molar-refractivity contribution in [3.05, 3.63) is 42.5 Å². The van der Waals surface area contributed by atoms with Gasteiger partial charge in [0.2, 0.25) is 0 Å². The summed E-state index contributed by atoms with van der Waals surface area (Å²) in [4.78, 5) is 4.17. The zero-order chi connectivity index (χ0) is 8.39. The highest BCUT2D eigenvalue weighted by Gasteiger charge is 1.93. The molecule has 2 aromatic heterocycles.